The van der Waals surface area contributed by atoms with Gasteiger partial charge in [-0.3, -0.25) is 4.79 Å². The number of benzene rings is 1. The number of hydrogen-bond acceptors (Lipinski definition) is 2. The van der Waals surface area contributed by atoms with Crippen LogP contribution >= 0.6 is 11.6 Å². The van der Waals surface area contributed by atoms with Gasteiger partial charge in [0.25, 0.3) is 5.78 Å². The maximum atomic E-state index is 11.2. The van der Waals surface area contributed by atoms with Crippen LogP contribution in [0.5, 0.6) is 0 Å². The lowest BCUT2D eigenvalue weighted by atomic mass is 9.96. The second-order valence-corrected chi connectivity index (χ2v) is 3.76. The smallest absolute Gasteiger partial charge is 0.374 e. The van der Waals surface area contributed by atoms with E-state index in [9.17, 15) is 9.59 Å². The van der Waals surface area contributed by atoms with Gasteiger partial charge in [0.05, 0.1) is 0 Å². The fourth-order valence-electron chi connectivity index (χ4n) is 1.08. The highest BCUT2D eigenvalue weighted by Crippen LogP contribution is 2.29. The number of carboxylic acid groups (broad SMARTS) is 1. The van der Waals surface area contributed by atoms with Crippen LogP contribution in [-0.2, 0) is 14.5 Å². The molecule has 74 valence electrons. The fraction of sp³-hybridized carbons (Fsp3) is 0.200. The Morgan fingerprint density at radius 2 is 1.79 bits per heavy atom. The molecule has 1 atom stereocenters. The summed E-state index contributed by atoms with van der Waals surface area (Å²) in [5, 5.41) is 8.54. The highest BCUT2D eigenvalue weighted by Gasteiger charge is 2.37. The highest BCUT2D eigenvalue weighted by atomic mass is 35.5. The Morgan fingerprint density at radius 3 is 2.21 bits per heavy atom. The van der Waals surface area contributed by atoms with Gasteiger partial charge in [0.2, 0.25) is 0 Å². The Balaban J connectivity index is 3.08. The van der Waals surface area contributed by atoms with E-state index < -0.39 is 16.6 Å². The van der Waals surface area contributed by atoms with E-state index >= 15 is 0 Å². The van der Waals surface area contributed by atoms with Crippen molar-refractivity contribution in [1.82, 2.24) is 0 Å². The normalized spacial score (nSPS) is 14.4. The predicted octanol–water partition coefficient (Wildman–Crippen LogP) is 1.79. The molecule has 3 nitrogen and oxygen atoms in total. The molecular weight excluding hydrogens is 204 g/mol. The van der Waals surface area contributed by atoms with E-state index in [0.29, 0.717) is 5.56 Å². The van der Waals surface area contributed by atoms with E-state index in [0.717, 1.165) is 0 Å². The summed E-state index contributed by atoms with van der Waals surface area (Å²) in [7, 11) is 0. The molecular formula is C10H9ClO3. The van der Waals surface area contributed by atoms with Crippen molar-refractivity contribution in [3.05, 3.63) is 35.9 Å². The quantitative estimate of drug-likeness (QED) is 0.614. The van der Waals surface area contributed by atoms with Crippen molar-refractivity contribution in [1.29, 1.82) is 0 Å². The molecule has 1 aromatic carbocycles. The number of ketones is 1. The first-order valence-corrected chi connectivity index (χ1v) is 4.36. The Kier molecular flexibility index (Phi) is 2.91. The molecule has 1 N–H and O–H groups in total. The van der Waals surface area contributed by atoms with Crippen LogP contribution in [0.15, 0.2) is 30.3 Å². The first-order valence-electron chi connectivity index (χ1n) is 3.98. The van der Waals surface area contributed by atoms with Gasteiger partial charge in [-0.1, -0.05) is 30.3 Å². The van der Waals surface area contributed by atoms with Crippen LogP contribution in [0.4, 0.5) is 0 Å². The lowest BCUT2D eigenvalue weighted by Crippen LogP contribution is -2.32. The lowest BCUT2D eigenvalue weighted by molar-refractivity contribution is -0.150. The Morgan fingerprint density at radius 1 is 1.29 bits per heavy atom. The van der Waals surface area contributed by atoms with Gasteiger partial charge in [0, 0.05) is 0 Å². The minimum absolute atomic E-state index is 0.481. The van der Waals surface area contributed by atoms with Crippen LogP contribution in [0.1, 0.15) is 12.5 Å². The van der Waals surface area contributed by atoms with E-state index in [2.05, 4.69) is 0 Å². The van der Waals surface area contributed by atoms with Gasteiger partial charge in [-0.15, -0.1) is 11.6 Å². The van der Waals surface area contributed by atoms with Crippen LogP contribution in [0.2, 0.25) is 0 Å². The van der Waals surface area contributed by atoms with Crippen molar-refractivity contribution in [3.63, 3.8) is 0 Å². The van der Waals surface area contributed by atoms with Gasteiger partial charge in [0.1, 0.15) is 4.87 Å². The second kappa shape index (κ2) is 3.80. The zero-order chi connectivity index (χ0) is 10.8. The minimum atomic E-state index is -1.52. The van der Waals surface area contributed by atoms with Crippen LogP contribution in [-0.4, -0.2) is 16.9 Å². The molecule has 0 radical (unpaired) electrons. The molecule has 0 spiro atoms. The van der Waals surface area contributed by atoms with Crippen molar-refractivity contribution >= 4 is 23.4 Å². The summed E-state index contributed by atoms with van der Waals surface area (Å²) in [6.07, 6.45) is 0. The fourth-order valence-corrected chi connectivity index (χ4v) is 1.29. The monoisotopic (exact) mass is 212 g/mol. The lowest BCUT2D eigenvalue weighted by Gasteiger charge is -2.18. The molecule has 0 aliphatic rings. The maximum absolute atomic E-state index is 11.2. The molecule has 0 aromatic heterocycles. The van der Waals surface area contributed by atoms with E-state index in [1.807, 2.05) is 0 Å². The molecule has 0 aliphatic carbocycles. The summed E-state index contributed by atoms with van der Waals surface area (Å²) in [6.45, 7) is 1.38. The summed E-state index contributed by atoms with van der Waals surface area (Å²) < 4.78 is 0. The number of carbonyl (C=O) groups is 2. The van der Waals surface area contributed by atoms with Crippen molar-refractivity contribution in [2.45, 2.75) is 11.8 Å². The SMILES string of the molecule is CC(Cl)(C(=O)C(=O)O)c1ccccc1. The molecule has 0 saturated carbocycles. The third-order valence-corrected chi connectivity index (χ3v) is 2.33. The average Bonchev–Trinajstić information content (AvgIpc) is 2.18. The molecule has 0 fully saturated rings. The van der Waals surface area contributed by atoms with Crippen molar-refractivity contribution in [3.8, 4) is 0 Å². The summed E-state index contributed by atoms with van der Waals surface area (Å²) in [4.78, 5) is 20.2. The number of aliphatic carboxylic acids is 1. The Labute approximate surface area is 86.3 Å². The van der Waals surface area contributed by atoms with Gasteiger partial charge < -0.3 is 5.11 Å². The summed E-state index contributed by atoms with van der Waals surface area (Å²) in [6, 6.07) is 8.40. The van der Waals surface area contributed by atoms with Crippen LogP contribution in [0, 0.1) is 0 Å². The topological polar surface area (TPSA) is 54.4 Å². The summed E-state index contributed by atoms with van der Waals surface area (Å²) >= 11 is 5.88. The average molecular weight is 213 g/mol. The van der Waals surface area contributed by atoms with Crippen molar-refractivity contribution in [2.24, 2.45) is 0 Å². The summed E-state index contributed by atoms with van der Waals surface area (Å²) in [5.41, 5.74) is 0.481. The molecule has 0 saturated heterocycles. The third-order valence-electron chi connectivity index (χ3n) is 1.94. The summed E-state index contributed by atoms with van der Waals surface area (Å²) in [5.74, 6) is -2.54. The van der Waals surface area contributed by atoms with Gasteiger partial charge >= 0.3 is 5.97 Å². The van der Waals surface area contributed by atoms with E-state index in [-0.39, 0.29) is 0 Å². The number of alkyl halides is 1. The third kappa shape index (κ3) is 1.93. The van der Waals surface area contributed by atoms with Gasteiger partial charge in [-0.05, 0) is 12.5 Å². The second-order valence-electron chi connectivity index (χ2n) is 3.00. The number of carbonyl (C=O) groups excluding carboxylic acids is 1. The van der Waals surface area contributed by atoms with Crippen LogP contribution in [0.3, 0.4) is 0 Å². The van der Waals surface area contributed by atoms with Gasteiger partial charge in [-0.25, -0.2) is 4.79 Å². The predicted molar refractivity (Wildman–Crippen MR) is 52.3 cm³/mol. The Hall–Kier alpha value is -1.35. The molecule has 1 rings (SSSR count). The first kappa shape index (κ1) is 10.7. The largest absolute Gasteiger partial charge is 0.475 e. The molecule has 14 heavy (non-hydrogen) atoms. The number of rotatable bonds is 3. The van der Waals surface area contributed by atoms with Gasteiger partial charge in [-0.2, -0.15) is 0 Å². The van der Waals surface area contributed by atoms with Gasteiger partial charge in [0.15, 0.2) is 0 Å². The van der Waals surface area contributed by atoms with E-state index in [1.54, 1.807) is 30.3 Å². The zero-order valence-corrected chi connectivity index (χ0v) is 8.28. The molecule has 1 aromatic rings. The van der Waals surface area contributed by atoms with E-state index in [1.165, 1.54) is 6.92 Å². The van der Waals surface area contributed by atoms with Crippen LogP contribution < -0.4 is 0 Å². The molecule has 0 aliphatic heterocycles. The molecule has 0 bridgehead atoms. The highest BCUT2D eigenvalue weighted by molar-refractivity contribution is 6.49. The molecule has 1 unspecified atom stereocenters. The van der Waals surface area contributed by atoms with E-state index in [4.69, 9.17) is 16.7 Å². The zero-order valence-electron chi connectivity index (χ0n) is 7.53. The van der Waals surface area contributed by atoms with Crippen LogP contribution in [0.25, 0.3) is 0 Å². The molecule has 0 heterocycles. The number of carboxylic acids is 1. The Bertz CT molecular complexity index is 357. The number of halogens is 1. The molecule has 0 amide bonds. The molecule has 4 heteroatoms. The first-order chi connectivity index (χ1) is 6.46. The number of hydrogen-bond donors (Lipinski definition) is 1. The maximum Gasteiger partial charge on any atom is 0.374 e. The van der Waals surface area contributed by atoms with Crippen molar-refractivity contribution < 1.29 is 14.7 Å². The minimum Gasteiger partial charge on any atom is -0.475 e. The van der Waals surface area contributed by atoms with Crippen molar-refractivity contribution in [2.75, 3.05) is 0 Å². The number of Topliss-reactive ketones (excluding diaryl/α,β-unsaturated/α-hetero) is 1. The standard InChI is InChI=1S/C10H9ClO3/c1-10(11,8(12)9(13)14)7-5-3-2-4-6-7/h2-6H,1H3,(H,13,14).